The second-order valence-corrected chi connectivity index (χ2v) is 10.6. The molecule has 0 aromatic heterocycles. The van der Waals surface area contributed by atoms with Crippen molar-refractivity contribution in [2.75, 3.05) is 13.7 Å². The van der Waals surface area contributed by atoms with Crippen LogP contribution >= 0.6 is 0 Å². The van der Waals surface area contributed by atoms with Gasteiger partial charge in [-0.25, -0.2) is 4.79 Å². The van der Waals surface area contributed by atoms with Crippen LogP contribution in [-0.2, 0) is 30.3 Å². The molecule has 3 atom stereocenters. The lowest BCUT2D eigenvalue weighted by molar-refractivity contribution is -0.148. The van der Waals surface area contributed by atoms with Gasteiger partial charge in [-0.15, -0.1) is 0 Å². The zero-order valence-electron chi connectivity index (χ0n) is 21.1. The quantitative estimate of drug-likeness (QED) is 0.585. The van der Waals surface area contributed by atoms with Crippen molar-refractivity contribution in [3.05, 3.63) is 35.9 Å². The second-order valence-electron chi connectivity index (χ2n) is 10.6. The van der Waals surface area contributed by atoms with E-state index in [0.29, 0.717) is 0 Å². The van der Waals surface area contributed by atoms with E-state index in [-0.39, 0.29) is 31.4 Å². The molecule has 1 aliphatic rings. The van der Waals surface area contributed by atoms with Crippen LogP contribution in [0.3, 0.4) is 0 Å². The first-order chi connectivity index (χ1) is 15.7. The predicted molar refractivity (Wildman–Crippen MR) is 127 cm³/mol. The Kier molecular flexibility index (Phi) is 8.83. The number of nitrogens with one attached hydrogen (secondary N) is 2. The van der Waals surface area contributed by atoms with E-state index in [9.17, 15) is 19.2 Å². The van der Waals surface area contributed by atoms with Crippen molar-refractivity contribution in [2.45, 2.75) is 83.7 Å². The molecule has 188 valence electrons. The lowest BCUT2D eigenvalue weighted by Gasteiger charge is -2.29. The maximum Gasteiger partial charge on any atom is 0.408 e. The third-order valence-electron chi connectivity index (χ3n) is 5.16. The van der Waals surface area contributed by atoms with Gasteiger partial charge < -0.3 is 25.0 Å². The number of amides is 3. The normalized spacial score (nSPS) is 19.3. The number of likely N-dealkylation sites (tertiary alicyclic amines) is 1. The number of carbonyl (C=O) groups excluding carboxylic acids is 4. The fourth-order valence-electron chi connectivity index (χ4n) is 3.69. The minimum absolute atomic E-state index is 0.102. The van der Waals surface area contributed by atoms with Gasteiger partial charge in [0.1, 0.15) is 17.7 Å². The van der Waals surface area contributed by atoms with Crippen LogP contribution in [-0.4, -0.2) is 71.6 Å². The number of methoxy groups -OCH3 is 1. The number of alkyl carbamates (subject to hydrolysis) is 1. The Bertz CT molecular complexity index is 888. The van der Waals surface area contributed by atoms with Crippen molar-refractivity contribution in [1.82, 2.24) is 15.5 Å². The van der Waals surface area contributed by atoms with Crippen molar-refractivity contribution in [1.29, 1.82) is 0 Å². The number of Topliss-reactive ketones (excluding diaryl/α,β-unsaturated/α-hetero) is 1. The topological polar surface area (TPSA) is 114 Å². The Morgan fingerprint density at radius 2 is 1.68 bits per heavy atom. The molecule has 1 heterocycles. The van der Waals surface area contributed by atoms with Crippen molar-refractivity contribution in [3.63, 3.8) is 0 Å². The van der Waals surface area contributed by atoms with Crippen LogP contribution < -0.4 is 10.6 Å². The van der Waals surface area contributed by atoms with Gasteiger partial charge in [-0.05, 0) is 47.1 Å². The highest BCUT2D eigenvalue weighted by atomic mass is 16.6. The zero-order chi connectivity index (χ0) is 25.7. The number of hydrogen-bond acceptors (Lipinski definition) is 6. The fourth-order valence-corrected chi connectivity index (χ4v) is 3.69. The van der Waals surface area contributed by atoms with Gasteiger partial charge in [0.2, 0.25) is 11.7 Å². The molecule has 1 aromatic rings. The SMILES string of the molecule is CO[C@@H]1C[C@@H](C(=O)NC(C)(C)C)N(C(=O)C(=O)[C@H](Cc2ccccc2)NC(=O)OC(C)(C)C)C1. The molecule has 1 fully saturated rings. The van der Waals surface area contributed by atoms with E-state index >= 15 is 0 Å². The molecule has 1 aromatic carbocycles. The summed E-state index contributed by atoms with van der Waals surface area (Å²) in [5.41, 5.74) is -0.511. The number of benzene rings is 1. The molecular weight excluding hydrogens is 438 g/mol. The molecule has 0 unspecified atom stereocenters. The Labute approximate surface area is 201 Å². The standard InChI is InChI=1S/C25H37N3O6/c1-24(2,3)27-21(30)19-14-17(33-7)15-28(19)22(31)20(29)18(13-16-11-9-8-10-12-16)26-23(32)34-25(4,5)6/h8-12,17-19H,13-15H2,1-7H3,(H,26,32)(H,27,30)/t17-,18+,19+/m1/s1. The number of rotatable bonds is 7. The molecule has 9 heteroatoms. The zero-order valence-corrected chi connectivity index (χ0v) is 21.1. The highest BCUT2D eigenvalue weighted by Crippen LogP contribution is 2.22. The smallest absolute Gasteiger partial charge is 0.408 e. The van der Waals surface area contributed by atoms with Gasteiger partial charge in [0.15, 0.2) is 0 Å². The van der Waals surface area contributed by atoms with Gasteiger partial charge in [-0.3, -0.25) is 14.4 Å². The van der Waals surface area contributed by atoms with E-state index in [2.05, 4.69) is 10.6 Å². The van der Waals surface area contributed by atoms with Crippen LogP contribution in [0.25, 0.3) is 0 Å². The van der Waals surface area contributed by atoms with Gasteiger partial charge in [0, 0.05) is 32.0 Å². The lowest BCUT2D eigenvalue weighted by atomic mass is 10.0. The molecule has 1 saturated heterocycles. The van der Waals surface area contributed by atoms with E-state index in [0.717, 1.165) is 5.56 Å². The van der Waals surface area contributed by atoms with Crippen molar-refractivity contribution >= 4 is 23.7 Å². The molecule has 0 saturated carbocycles. The first-order valence-electron chi connectivity index (χ1n) is 11.4. The van der Waals surface area contributed by atoms with Gasteiger partial charge in [-0.2, -0.15) is 0 Å². The van der Waals surface area contributed by atoms with Crippen LogP contribution in [0, 0.1) is 0 Å². The van der Waals surface area contributed by atoms with Gasteiger partial charge in [0.25, 0.3) is 5.91 Å². The molecule has 3 amide bonds. The van der Waals surface area contributed by atoms with Gasteiger partial charge >= 0.3 is 6.09 Å². The van der Waals surface area contributed by atoms with Crippen LogP contribution in [0.4, 0.5) is 4.79 Å². The number of carbonyl (C=O) groups is 4. The average molecular weight is 476 g/mol. The summed E-state index contributed by atoms with van der Waals surface area (Å²) in [5.74, 6) is -2.02. The molecule has 2 N–H and O–H groups in total. The summed E-state index contributed by atoms with van der Waals surface area (Å²) in [5, 5.41) is 5.41. The number of ether oxygens (including phenoxy) is 2. The largest absolute Gasteiger partial charge is 0.444 e. The first-order valence-corrected chi connectivity index (χ1v) is 11.4. The molecular formula is C25H37N3O6. The summed E-state index contributed by atoms with van der Waals surface area (Å²) in [6.07, 6.45) is -0.794. The maximum atomic E-state index is 13.4. The lowest BCUT2D eigenvalue weighted by Crippen LogP contribution is -2.55. The van der Waals surface area contributed by atoms with Crippen molar-refractivity contribution < 1.29 is 28.7 Å². The summed E-state index contributed by atoms with van der Waals surface area (Å²) in [7, 11) is 1.50. The molecule has 2 rings (SSSR count). The van der Waals surface area contributed by atoms with Crippen LogP contribution in [0.5, 0.6) is 0 Å². The monoisotopic (exact) mass is 475 g/mol. The molecule has 34 heavy (non-hydrogen) atoms. The summed E-state index contributed by atoms with van der Waals surface area (Å²) < 4.78 is 10.7. The predicted octanol–water partition coefficient (Wildman–Crippen LogP) is 2.22. The molecule has 0 radical (unpaired) electrons. The number of nitrogens with zero attached hydrogens (tertiary/aromatic N) is 1. The fraction of sp³-hybridized carbons (Fsp3) is 0.600. The number of hydrogen-bond donors (Lipinski definition) is 2. The molecule has 0 bridgehead atoms. The van der Waals surface area contributed by atoms with E-state index in [4.69, 9.17) is 9.47 Å². The highest BCUT2D eigenvalue weighted by Gasteiger charge is 2.44. The maximum absolute atomic E-state index is 13.4. The first kappa shape index (κ1) is 27.3. The van der Waals surface area contributed by atoms with Crippen LogP contribution in [0.15, 0.2) is 30.3 Å². The van der Waals surface area contributed by atoms with Crippen LogP contribution in [0.1, 0.15) is 53.5 Å². The summed E-state index contributed by atoms with van der Waals surface area (Å²) in [4.78, 5) is 53.3. The Morgan fingerprint density at radius 1 is 1.06 bits per heavy atom. The Hall–Kier alpha value is -2.94. The van der Waals surface area contributed by atoms with E-state index < -0.39 is 41.0 Å². The Balaban J connectivity index is 2.27. The van der Waals surface area contributed by atoms with Crippen molar-refractivity contribution in [3.8, 4) is 0 Å². The average Bonchev–Trinajstić information content (AvgIpc) is 3.15. The van der Waals surface area contributed by atoms with E-state index in [1.54, 1.807) is 32.9 Å². The third-order valence-corrected chi connectivity index (χ3v) is 5.16. The minimum atomic E-state index is -1.15. The molecule has 1 aliphatic heterocycles. The highest BCUT2D eigenvalue weighted by molar-refractivity contribution is 6.38. The second kappa shape index (κ2) is 11.0. The summed E-state index contributed by atoms with van der Waals surface area (Å²) in [6, 6.07) is 7.05. The van der Waals surface area contributed by atoms with Gasteiger partial charge in [0.05, 0.1) is 6.10 Å². The molecule has 0 aliphatic carbocycles. The van der Waals surface area contributed by atoms with Gasteiger partial charge in [-0.1, -0.05) is 30.3 Å². The minimum Gasteiger partial charge on any atom is -0.444 e. The third kappa shape index (κ3) is 8.13. The molecule has 9 nitrogen and oxygen atoms in total. The molecule has 0 spiro atoms. The van der Waals surface area contributed by atoms with E-state index in [1.165, 1.54) is 12.0 Å². The Morgan fingerprint density at radius 3 is 2.21 bits per heavy atom. The van der Waals surface area contributed by atoms with Crippen LogP contribution in [0.2, 0.25) is 0 Å². The van der Waals surface area contributed by atoms with E-state index in [1.807, 2.05) is 39.0 Å². The summed E-state index contributed by atoms with van der Waals surface area (Å²) in [6.45, 7) is 10.7. The number of ketones is 1. The van der Waals surface area contributed by atoms with Crippen molar-refractivity contribution in [2.24, 2.45) is 0 Å². The summed E-state index contributed by atoms with van der Waals surface area (Å²) >= 11 is 0.